The van der Waals surface area contributed by atoms with Crippen molar-refractivity contribution < 1.29 is 4.74 Å². The molecule has 2 aliphatic rings. The second-order valence-corrected chi connectivity index (χ2v) is 8.83. The van der Waals surface area contributed by atoms with Gasteiger partial charge >= 0.3 is 0 Å². The second kappa shape index (κ2) is 12.1. The molecule has 0 bridgehead atoms. The average Bonchev–Trinajstić information content (AvgIpc) is 2.82. The molecule has 2 heterocycles. The zero-order valence-electron chi connectivity index (χ0n) is 19.5. The summed E-state index contributed by atoms with van der Waals surface area (Å²) in [5.74, 6) is 1.76. The Morgan fingerprint density at radius 1 is 1.13 bits per heavy atom. The molecule has 2 aliphatic heterocycles. The molecule has 0 radical (unpaired) electrons. The zero-order chi connectivity index (χ0) is 21.9. The highest BCUT2D eigenvalue weighted by atomic mass is 16.5. The van der Waals surface area contributed by atoms with Crippen molar-refractivity contribution in [2.45, 2.75) is 51.1 Å². The van der Waals surface area contributed by atoms with Crippen LogP contribution in [-0.4, -0.2) is 74.2 Å². The first-order valence-corrected chi connectivity index (χ1v) is 11.9. The van der Waals surface area contributed by atoms with Crippen LogP contribution in [0.25, 0.3) is 0 Å². The average molecular weight is 428 g/mol. The van der Waals surface area contributed by atoms with Crippen LogP contribution in [0.5, 0.6) is 5.75 Å². The summed E-state index contributed by atoms with van der Waals surface area (Å²) in [5, 5.41) is 7.13. The third kappa shape index (κ3) is 6.71. The smallest absolute Gasteiger partial charge is 0.191 e. The molecular formula is C25H41N5O. The lowest BCUT2D eigenvalue weighted by Gasteiger charge is -2.50. The number of nitrogens with one attached hydrogen (secondary N) is 2. The molecule has 1 aromatic carbocycles. The largest absolute Gasteiger partial charge is 0.489 e. The van der Waals surface area contributed by atoms with E-state index >= 15 is 0 Å². The number of likely N-dealkylation sites (tertiary alicyclic amines) is 2. The Morgan fingerprint density at radius 3 is 2.58 bits per heavy atom. The molecule has 0 unspecified atom stereocenters. The van der Waals surface area contributed by atoms with Gasteiger partial charge < -0.3 is 20.3 Å². The van der Waals surface area contributed by atoms with Crippen molar-refractivity contribution in [3.05, 3.63) is 42.5 Å². The van der Waals surface area contributed by atoms with Crippen molar-refractivity contribution in [3.8, 4) is 5.75 Å². The van der Waals surface area contributed by atoms with Gasteiger partial charge in [0, 0.05) is 24.2 Å². The second-order valence-electron chi connectivity index (χ2n) is 8.83. The summed E-state index contributed by atoms with van der Waals surface area (Å²) in [4.78, 5) is 10.1. The molecule has 2 N–H and O–H groups in total. The highest BCUT2D eigenvalue weighted by Crippen LogP contribution is 2.31. The van der Waals surface area contributed by atoms with Crippen LogP contribution in [0.3, 0.4) is 0 Å². The number of para-hydroxylation sites is 1. The first-order valence-electron chi connectivity index (χ1n) is 11.9. The summed E-state index contributed by atoms with van der Waals surface area (Å²) in [5.41, 5.74) is 1.32. The molecule has 31 heavy (non-hydrogen) atoms. The van der Waals surface area contributed by atoms with Gasteiger partial charge in [-0.2, -0.15) is 0 Å². The van der Waals surface area contributed by atoms with Crippen LogP contribution in [0, 0.1) is 0 Å². The number of guanidine groups is 1. The summed E-state index contributed by atoms with van der Waals surface area (Å²) in [6.45, 7) is 13.5. The number of piperidine rings is 2. The molecular weight excluding hydrogens is 386 g/mol. The van der Waals surface area contributed by atoms with E-state index in [-0.39, 0.29) is 5.54 Å². The Kier molecular flexibility index (Phi) is 9.22. The Labute approximate surface area is 188 Å². The summed E-state index contributed by atoms with van der Waals surface area (Å²) >= 11 is 0. The van der Waals surface area contributed by atoms with Crippen LogP contribution in [0.2, 0.25) is 0 Å². The molecule has 2 saturated heterocycles. The fraction of sp³-hybridized carbons (Fsp3) is 0.640. The fourth-order valence-corrected chi connectivity index (χ4v) is 4.69. The number of benzene rings is 1. The number of ether oxygens (including phenoxy) is 1. The van der Waals surface area contributed by atoms with E-state index in [2.05, 4.69) is 47.1 Å². The van der Waals surface area contributed by atoms with Gasteiger partial charge in [-0.1, -0.05) is 37.3 Å². The van der Waals surface area contributed by atoms with E-state index in [1.165, 1.54) is 58.3 Å². The Balaban J connectivity index is 1.68. The van der Waals surface area contributed by atoms with Crippen LogP contribution in [-0.2, 0) is 6.54 Å². The molecule has 6 heteroatoms. The lowest BCUT2D eigenvalue weighted by Crippen LogP contribution is -2.62. The van der Waals surface area contributed by atoms with E-state index in [1.54, 1.807) is 6.08 Å². The molecule has 3 rings (SSSR count). The van der Waals surface area contributed by atoms with Gasteiger partial charge in [0.05, 0.1) is 6.54 Å². The van der Waals surface area contributed by atoms with E-state index in [4.69, 9.17) is 9.73 Å². The minimum atomic E-state index is 0.230. The minimum Gasteiger partial charge on any atom is -0.489 e. The SMILES string of the molecule is C=CCOc1ccccc1CN=C(NCC)NCC1(N2CCCCC2)CCN(C)CC1. The monoisotopic (exact) mass is 427 g/mol. The molecule has 6 nitrogen and oxygen atoms in total. The molecule has 0 aliphatic carbocycles. The van der Waals surface area contributed by atoms with Crippen molar-refractivity contribution in [3.63, 3.8) is 0 Å². The van der Waals surface area contributed by atoms with Crippen molar-refractivity contribution in [1.29, 1.82) is 0 Å². The maximum Gasteiger partial charge on any atom is 0.191 e. The number of aliphatic imine (C=N–C) groups is 1. The van der Waals surface area contributed by atoms with E-state index < -0.39 is 0 Å². The van der Waals surface area contributed by atoms with Crippen molar-refractivity contribution in [2.24, 2.45) is 4.99 Å². The van der Waals surface area contributed by atoms with E-state index in [9.17, 15) is 0 Å². The van der Waals surface area contributed by atoms with Gasteiger partial charge in [-0.25, -0.2) is 4.99 Å². The normalized spacial score (nSPS) is 20.3. The first-order chi connectivity index (χ1) is 15.2. The molecule has 0 spiro atoms. The lowest BCUT2D eigenvalue weighted by atomic mass is 9.84. The van der Waals surface area contributed by atoms with E-state index in [1.807, 2.05) is 18.2 Å². The predicted molar refractivity (Wildman–Crippen MR) is 130 cm³/mol. The quantitative estimate of drug-likeness (QED) is 0.360. The Bertz CT molecular complexity index is 706. The summed E-state index contributed by atoms with van der Waals surface area (Å²) < 4.78 is 5.80. The molecule has 0 atom stereocenters. The minimum absolute atomic E-state index is 0.230. The van der Waals surface area contributed by atoms with Gasteiger partial charge in [-0.05, 0) is 71.9 Å². The molecule has 0 amide bonds. The highest BCUT2D eigenvalue weighted by Gasteiger charge is 2.39. The molecule has 0 aromatic heterocycles. The Hall–Kier alpha value is -2.05. The van der Waals surface area contributed by atoms with Crippen molar-refractivity contribution in [2.75, 3.05) is 52.9 Å². The third-order valence-electron chi connectivity index (χ3n) is 6.61. The van der Waals surface area contributed by atoms with Gasteiger partial charge in [-0.3, -0.25) is 4.90 Å². The van der Waals surface area contributed by atoms with Crippen LogP contribution in [0.4, 0.5) is 0 Å². The first kappa shape index (κ1) is 23.6. The summed E-state index contributed by atoms with van der Waals surface area (Å²) in [6.07, 6.45) is 8.23. The third-order valence-corrected chi connectivity index (χ3v) is 6.61. The summed E-state index contributed by atoms with van der Waals surface area (Å²) in [6, 6.07) is 8.11. The number of rotatable bonds is 9. The van der Waals surface area contributed by atoms with E-state index in [0.717, 1.165) is 30.4 Å². The van der Waals surface area contributed by atoms with Crippen LogP contribution < -0.4 is 15.4 Å². The predicted octanol–water partition coefficient (Wildman–Crippen LogP) is 3.26. The highest BCUT2D eigenvalue weighted by molar-refractivity contribution is 5.79. The number of hydrogen-bond donors (Lipinski definition) is 2. The van der Waals surface area contributed by atoms with Gasteiger partial charge in [0.25, 0.3) is 0 Å². The van der Waals surface area contributed by atoms with E-state index in [0.29, 0.717) is 13.2 Å². The number of hydrogen-bond acceptors (Lipinski definition) is 4. The van der Waals surface area contributed by atoms with Crippen molar-refractivity contribution >= 4 is 5.96 Å². The zero-order valence-corrected chi connectivity index (χ0v) is 19.5. The van der Waals surface area contributed by atoms with Crippen LogP contribution in [0.1, 0.15) is 44.6 Å². The maximum absolute atomic E-state index is 5.80. The Morgan fingerprint density at radius 2 is 1.87 bits per heavy atom. The van der Waals surface area contributed by atoms with Crippen molar-refractivity contribution in [1.82, 2.24) is 20.4 Å². The topological polar surface area (TPSA) is 52.1 Å². The molecule has 0 saturated carbocycles. The molecule has 1 aromatic rings. The van der Waals surface area contributed by atoms with Gasteiger partial charge in [0.15, 0.2) is 5.96 Å². The molecule has 172 valence electrons. The maximum atomic E-state index is 5.80. The van der Waals surface area contributed by atoms with Gasteiger partial charge in [0.2, 0.25) is 0 Å². The van der Waals surface area contributed by atoms with Gasteiger partial charge in [0.1, 0.15) is 12.4 Å². The number of nitrogens with zero attached hydrogens (tertiary/aromatic N) is 3. The molecule has 2 fully saturated rings. The summed E-state index contributed by atoms with van der Waals surface area (Å²) in [7, 11) is 2.24. The van der Waals surface area contributed by atoms with Gasteiger partial charge in [-0.15, -0.1) is 0 Å². The lowest BCUT2D eigenvalue weighted by molar-refractivity contribution is 0.0173. The fourth-order valence-electron chi connectivity index (χ4n) is 4.69. The van der Waals surface area contributed by atoms with Crippen LogP contribution in [0.15, 0.2) is 41.9 Å². The standard InChI is InChI=1S/C25H41N5O/c1-4-19-31-23-12-8-7-11-22(23)20-27-24(26-5-2)28-21-25(13-17-29(3)18-14-25)30-15-9-6-10-16-30/h4,7-8,11-12H,1,5-6,9-10,13-21H2,2-3H3,(H2,26,27,28). The van der Waals surface area contributed by atoms with Crippen LogP contribution >= 0.6 is 0 Å².